The van der Waals surface area contributed by atoms with Crippen LogP contribution in [0.25, 0.3) is 22.3 Å². The summed E-state index contributed by atoms with van der Waals surface area (Å²) in [6, 6.07) is 59.4. The highest BCUT2D eigenvalue weighted by Crippen LogP contribution is 2.38. The molecule has 9 N–H and O–H groups in total. The summed E-state index contributed by atoms with van der Waals surface area (Å²) >= 11 is 0. The van der Waals surface area contributed by atoms with Gasteiger partial charge < -0.3 is 46.6 Å². The third kappa shape index (κ3) is 12.8. The van der Waals surface area contributed by atoms with Crippen LogP contribution < -0.4 is 16.0 Å². The summed E-state index contributed by atoms with van der Waals surface area (Å²) in [6.07, 6.45) is 5.20. The second-order valence-corrected chi connectivity index (χ2v) is 19.8. The zero-order valence-electron chi connectivity index (χ0n) is 42.0. The van der Waals surface area contributed by atoms with Gasteiger partial charge in [-0.05, 0) is 190 Å². The maximum Gasteiger partial charge on any atom is 0.123 e. The number of benzene rings is 9. The van der Waals surface area contributed by atoms with Gasteiger partial charge in [0.15, 0.2) is 0 Å². The minimum atomic E-state index is 0.122. The van der Waals surface area contributed by atoms with E-state index in [1.54, 1.807) is 36.4 Å². The highest BCUT2D eigenvalue weighted by atomic mass is 16.3. The first-order chi connectivity index (χ1) is 36.5. The van der Waals surface area contributed by atoms with Crippen molar-refractivity contribution < 1.29 is 30.6 Å². The molecule has 20 aliphatic heterocycles. The zero-order valence-corrected chi connectivity index (χ0v) is 42.0. The Morgan fingerprint density at radius 2 is 0.493 bits per heavy atom. The molecule has 20 aliphatic rings. The van der Waals surface area contributed by atoms with Gasteiger partial charge in [-0.2, -0.15) is 0 Å². The molecule has 0 radical (unpaired) electrons. The third-order valence-corrected chi connectivity index (χ3v) is 14.5. The Morgan fingerprint density at radius 3 is 0.827 bits per heavy atom. The molecule has 20 heterocycles. The Morgan fingerprint density at radius 1 is 0.240 bits per heavy atom. The molecule has 0 fully saturated rings. The van der Waals surface area contributed by atoms with Gasteiger partial charge in [-0.15, -0.1) is 0 Å². The topological polar surface area (TPSA) is 157 Å². The molecule has 0 amide bonds. The van der Waals surface area contributed by atoms with Gasteiger partial charge in [0.2, 0.25) is 0 Å². The van der Waals surface area contributed by atoms with Crippen LogP contribution in [0.2, 0.25) is 0 Å². The average Bonchev–Trinajstić information content (AvgIpc) is 3.43. The highest BCUT2D eigenvalue weighted by Gasteiger charge is 2.15. The average molecular weight is 994 g/mol. The first-order valence-corrected chi connectivity index (χ1v) is 25.9. The summed E-state index contributed by atoms with van der Waals surface area (Å²) in [5.74, 6) is 0.949. The van der Waals surface area contributed by atoms with Crippen LogP contribution in [-0.4, -0.2) is 30.6 Å². The molecule has 0 unspecified atom stereocenters. The van der Waals surface area contributed by atoms with Gasteiger partial charge in [0, 0.05) is 48.7 Å². The lowest BCUT2D eigenvalue weighted by atomic mass is 9.97. The van der Waals surface area contributed by atoms with Gasteiger partial charge in [0.05, 0.1) is 0 Å². The molecular formula is C66H63N3O6. The van der Waals surface area contributed by atoms with Crippen molar-refractivity contribution in [1.82, 2.24) is 5.32 Å². The molecule has 75 heavy (non-hydrogen) atoms. The number of aromatic hydroxyl groups is 6. The molecule has 9 aromatic carbocycles. The molecule has 9 aromatic rings. The summed E-state index contributed by atoms with van der Waals surface area (Å²) in [5, 5.41) is 76.7. The van der Waals surface area contributed by atoms with Gasteiger partial charge in [0.1, 0.15) is 34.5 Å². The predicted molar refractivity (Wildman–Crippen MR) is 301 cm³/mol. The molecule has 0 aromatic heterocycles. The predicted octanol–water partition coefficient (Wildman–Crippen LogP) is 13.2. The number of anilines is 2. The minimum Gasteiger partial charge on any atom is -0.508 e. The van der Waals surface area contributed by atoms with Crippen molar-refractivity contribution in [3.05, 3.63) is 249 Å². The van der Waals surface area contributed by atoms with E-state index in [2.05, 4.69) is 113 Å². The summed E-state index contributed by atoms with van der Waals surface area (Å²) in [4.78, 5) is 0. The lowest BCUT2D eigenvalue weighted by molar-refractivity contribution is 0.448. The van der Waals surface area contributed by atoms with Crippen molar-refractivity contribution in [2.24, 2.45) is 0 Å². The summed E-state index contributed by atoms with van der Waals surface area (Å²) in [7, 11) is 0. The Balaban J connectivity index is 0.807. The van der Waals surface area contributed by atoms with Crippen molar-refractivity contribution in [1.29, 1.82) is 0 Å². The molecule has 18 bridgehead atoms. The fourth-order valence-corrected chi connectivity index (χ4v) is 9.87. The molecule has 29 rings (SSSR count). The summed E-state index contributed by atoms with van der Waals surface area (Å²) < 4.78 is 0. The van der Waals surface area contributed by atoms with E-state index in [9.17, 15) is 30.6 Å². The van der Waals surface area contributed by atoms with Crippen molar-refractivity contribution in [2.75, 3.05) is 10.6 Å². The van der Waals surface area contributed by atoms with Crippen LogP contribution in [0.5, 0.6) is 34.5 Å². The smallest absolute Gasteiger partial charge is 0.123 e. The van der Waals surface area contributed by atoms with E-state index in [1.807, 2.05) is 48.5 Å². The molecule has 378 valence electrons. The molecule has 0 saturated carbocycles. The number of nitrogens with one attached hydrogen (secondary N) is 3. The Hall–Kier alpha value is -8.66. The fraction of sp³-hybridized carbons (Fsp3) is 0.182. The van der Waals surface area contributed by atoms with E-state index in [-0.39, 0.29) is 34.5 Å². The maximum absolute atomic E-state index is 11.1. The Bertz CT molecular complexity index is 3150. The first kappa shape index (κ1) is 49.9. The van der Waals surface area contributed by atoms with Gasteiger partial charge in [-0.3, -0.25) is 0 Å². The van der Waals surface area contributed by atoms with Crippen LogP contribution in [0.4, 0.5) is 11.4 Å². The fourth-order valence-electron chi connectivity index (χ4n) is 9.87. The second-order valence-electron chi connectivity index (χ2n) is 19.8. The van der Waals surface area contributed by atoms with E-state index in [0.29, 0.717) is 87.0 Å². The SMILES string of the molecule is Oc1cc2c(O)cc1CCc1ccc(cc1)CNc1ccc(cc1)CCc1cc(O)c(cc1O)-c1ccc(cc1)CNCc1ccc(cc1)-c1cc(O)c(cc1O)CCc1ccc(cc1)NCc1ccc(cc1)CC2. The number of phenolic OH excluding ortho intramolecular Hbond substituents is 6. The lowest BCUT2D eigenvalue weighted by Crippen LogP contribution is -2.12. The van der Waals surface area contributed by atoms with Crippen LogP contribution in [0.3, 0.4) is 0 Å². The summed E-state index contributed by atoms with van der Waals surface area (Å²) in [5.41, 5.74) is 16.6. The van der Waals surface area contributed by atoms with Crippen LogP contribution >= 0.6 is 0 Å². The van der Waals surface area contributed by atoms with Crippen LogP contribution in [0, 0.1) is 0 Å². The monoisotopic (exact) mass is 993 g/mol. The maximum atomic E-state index is 11.1. The quantitative estimate of drug-likeness (QED) is 0.0675. The van der Waals surface area contributed by atoms with Crippen LogP contribution in [0.1, 0.15) is 66.8 Å². The van der Waals surface area contributed by atoms with Crippen molar-refractivity contribution in [2.45, 2.75) is 77.5 Å². The third-order valence-electron chi connectivity index (χ3n) is 14.5. The number of hydrogen-bond acceptors (Lipinski definition) is 9. The van der Waals surface area contributed by atoms with Crippen molar-refractivity contribution >= 4 is 11.4 Å². The van der Waals surface area contributed by atoms with Gasteiger partial charge in [-0.25, -0.2) is 0 Å². The lowest BCUT2D eigenvalue weighted by Gasteiger charge is -2.12. The number of hydrogen-bond donors (Lipinski definition) is 9. The Labute approximate surface area is 439 Å². The zero-order chi connectivity index (χ0) is 51.7. The molecule has 9 heteroatoms. The molecule has 0 saturated heterocycles. The Kier molecular flexibility index (Phi) is 15.3. The van der Waals surface area contributed by atoms with Crippen LogP contribution in [-0.2, 0) is 77.5 Å². The normalized spacial score (nSPS) is 13.7. The van der Waals surface area contributed by atoms with E-state index >= 15 is 0 Å². The van der Waals surface area contributed by atoms with E-state index < -0.39 is 0 Å². The number of aryl methyl sites for hydroxylation is 8. The van der Waals surface area contributed by atoms with E-state index in [4.69, 9.17) is 0 Å². The van der Waals surface area contributed by atoms with E-state index in [1.165, 1.54) is 0 Å². The summed E-state index contributed by atoms with van der Waals surface area (Å²) in [6.45, 7) is 2.60. The van der Waals surface area contributed by atoms with E-state index in [0.717, 1.165) is 91.0 Å². The molecule has 0 aliphatic carbocycles. The highest BCUT2D eigenvalue weighted by molar-refractivity contribution is 5.74. The van der Waals surface area contributed by atoms with Gasteiger partial charge in [-0.1, -0.05) is 121 Å². The molecule has 0 spiro atoms. The van der Waals surface area contributed by atoms with Crippen molar-refractivity contribution in [3.63, 3.8) is 0 Å². The first-order valence-electron chi connectivity index (χ1n) is 25.9. The van der Waals surface area contributed by atoms with Gasteiger partial charge >= 0.3 is 0 Å². The number of rotatable bonds is 0. The largest absolute Gasteiger partial charge is 0.508 e. The van der Waals surface area contributed by atoms with Crippen molar-refractivity contribution in [3.8, 4) is 56.8 Å². The number of phenols is 6. The second kappa shape index (κ2) is 23.0. The minimum absolute atomic E-state index is 0.122. The molecule has 9 nitrogen and oxygen atoms in total. The van der Waals surface area contributed by atoms with Crippen LogP contribution in [0.15, 0.2) is 182 Å². The molecule has 0 atom stereocenters. The standard InChI is InChI=1S/C66H63N3O6/c70-61-34-54-26-10-44-3-7-50(8-4-44)42-69-58-31-19-46(20-32-58)12-28-56-36-66(75)60(38-64(56)73)52-23-15-48(16-24-52)40-67-39-47-13-21-51(22-14-47)59-37-63(72)55(35-65(59)74)27-11-45-17-29-57(30-18-45)68-41-49-5-1-43(2-6-49)9-25-53(61)33-62(54)71/h1-8,13-24,29-38,67-75H,9-12,25-28,39-42H2. The molecular weight excluding hydrogens is 931 g/mol. The van der Waals surface area contributed by atoms with Gasteiger partial charge in [0.25, 0.3) is 0 Å².